The van der Waals surface area contributed by atoms with Crippen LogP contribution in [0.3, 0.4) is 0 Å². The molecular formula is C37H38FN3O5S. The number of hydrogen-bond donors (Lipinski definition) is 2. The van der Waals surface area contributed by atoms with Gasteiger partial charge in [-0.2, -0.15) is 0 Å². The Bertz CT molecular complexity index is 2020. The molecule has 10 heteroatoms. The van der Waals surface area contributed by atoms with Crippen molar-refractivity contribution in [2.45, 2.75) is 39.0 Å². The zero-order chi connectivity index (χ0) is 33.7. The molecule has 0 spiro atoms. The van der Waals surface area contributed by atoms with E-state index in [2.05, 4.69) is 14.9 Å². The number of halogens is 1. The Morgan fingerprint density at radius 1 is 0.851 bits per heavy atom. The molecule has 0 aliphatic heterocycles. The second-order valence-corrected chi connectivity index (χ2v) is 12.9. The maximum Gasteiger partial charge on any atom is 0.251 e. The van der Waals surface area contributed by atoms with Crippen molar-refractivity contribution in [1.29, 1.82) is 0 Å². The van der Waals surface area contributed by atoms with Crippen LogP contribution in [0.5, 0.6) is 0 Å². The van der Waals surface area contributed by atoms with Crippen molar-refractivity contribution >= 4 is 38.4 Å². The molecule has 0 aliphatic rings. The SMILES string of the molecule is CCC(=O)c1c(-c2ccc(F)cc2)oc2cc(N(CC)CC)c(-c3cccc(C(=O)NCCNS(=O)(=O)c4ccc(C)cc4)c3)cc12. The third-order valence-electron chi connectivity index (χ3n) is 8.09. The molecule has 0 saturated carbocycles. The molecule has 0 radical (unpaired) electrons. The molecule has 1 amide bonds. The fraction of sp³-hybridized carbons (Fsp3) is 0.243. The summed E-state index contributed by atoms with van der Waals surface area (Å²) in [7, 11) is -3.70. The summed E-state index contributed by atoms with van der Waals surface area (Å²) in [5.74, 6) is -0.446. The number of furan rings is 1. The van der Waals surface area contributed by atoms with E-state index in [1.807, 2.05) is 39.0 Å². The zero-order valence-corrected chi connectivity index (χ0v) is 27.7. The number of ketones is 1. The average molecular weight is 656 g/mol. The van der Waals surface area contributed by atoms with Crippen LogP contribution in [0.25, 0.3) is 33.4 Å². The smallest absolute Gasteiger partial charge is 0.251 e. The molecular weight excluding hydrogens is 617 g/mol. The van der Waals surface area contributed by atoms with Crippen molar-refractivity contribution in [3.8, 4) is 22.5 Å². The lowest BCUT2D eigenvalue weighted by Gasteiger charge is -2.24. The van der Waals surface area contributed by atoms with Gasteiger partial charge in [0.15, 0.2) is 5.78 Å². The van der Waals surface area contributed by atoms with E-state index in [0.717, 1.165) is 22.4 Å². The van der Waals surface area contributed by atoms with E-state index in [1.54, 1.807) is 61.5 Å². The van der Waals surface area contributed by atoms with Crippen LogP contribution in [-0.4, -0.2) is 46.3 Å². The molecule has 0 saturated heterocycles. The first kappa shape index (κ1) is 33.6. The normalized spacial score (nSPS) is 11.5. The monoisotopic (exact) mass is 655 g/mol. The van der Waals surface area contributed by atoms with Gasteiger partial charge in [0.05, 0.1) is 10.5 Å². The molecule has 47 heavy (non-hydrogen) atoms. The van der Waals surface area contributed by atoms with E-state index in [-0.39, 0.29) is 41.9 Å². The summed E-state index contributed by atoms with van der Waals surface area (Å²) >= 11 is 0. The number of sulfonamides is 1. The van der Waals surface area contributed by atoms with Crippen LogP contribution in [0.15, 0.2) is 94.2 Å². The van der Waals surface area contributed by atoms with Crippen LogP contribution in [0, 0.1) is 12.7 Å². The highest BCUT2D eigenvalue weighted by Gasteiger charge is 2.24. The summed E-state index contributed by atoms with van der Waals surface area (Å²) in [5.41, 5.74) is 5.39. The highest BCUT2D eigenvalue weighted by molar-refractivity contribution is 7.89. The van der Waals surface area contributed by atoms with E-state index in [1.165, 1.54) is 12.1 Å². The lowest BCUT2D eigenvalue weighted by Crippen LogP contribution is -2.34. The van der Waals surface area contributed by atoms with Gasteiger partial charge in [-0.15, -0.1) is 0 Å². The van der Waals surface area contributed by atoms with Crippen LogP contribution in [0.1, 0.15) is 53.5 Å². The van der Waals surface area contributed by atoms with Gasteiger partial charge in [-0.3, -0.25) is 9.59 Å². The van der Waals surface area contributed by atoms with Crippen LogP contribution in [0.4, 0.5) is 10.1 Å². The second-order valence-electron chi connectivity index (χ2n) is 11.2. The Labute approximate surface area is 274 Å². The molecule has 0 bridgehead atoms. The van der Waals surface area contributed by atoms with Gasteiger partial charge in [0.1, 0.15) is 17.2 Å². The van der Waals surface area contributed by atoms with Gasteiger partial charge in [0.25, 0.3) is 5.91 Å². The van der Waals surface area contributed by atoms with Gasteiger partial charge >= 0.3 is 0 Å². The Balaban J connectivity index is 1.46. The summed E-state index contributed by atoms with van der Waals surface area (Å²) in [4.78, 5) is 28.8. The van der Waals surface area contributed by atoms with Gasteiger partial charge in [-0.1, -0.05) is 36.8 Å². The van der Waals surface area contributed by atoms with Crippen molar-refractivity contribution in [3.05, 3.63) is 107 Å². The summed E-state index contributed by atoms with van der Waals surface area (Å²) in [6.45, 7) is 9.30. The Morgan fingerprint density at radius 3 is 2.21 bits per heavy atom. The second kappa shape index (κ2) is 14.3. The van der Waals surface area contributed by atoms with Gasteiger partial charge in [0, 0.05) is 66.4 Å². The molecule has 1 aromatic heterocycles. The standard InChI is InChI=1S/C37H38FN3O5S/c1-5-33(42)35-31-22-30(32(41(6-2)7-3)23-34(31)46-36(35)25-13-15-28(38)16-14-25)26-9-8-10-27(21-26)37(43)39-19-20-40-47(44,45)29-17-11-24(4)12-18-29/h8-18,21-23,40H,5-7,19-20H2,1-4H3,(H,39,43). The first-order valence-corrected chi connectivity index (χ1v) is 17.1. The van der Waals surface area contributed by atoms with E-state index < -0.39 is 10.0 Å². The molecule has 5 rings (SSSR count). The summed E-state index contributed by atoms with van der Waals surface area (Å²) in [6, 6.07) is 23.4. The summed E-state index contributed by atoms with van der Waals surface area (Å²) < 4.78 is 47.8. The molecule has 244 valence electrons. The van der Waals surface area contributed by atoms with Crippen molar-refractivity contribution in [2.24, 2.45) is 0 Å². The van der Waals surface area contributed by atoms with Crippen LogP contribution >= 0.6 is 0 Å². The Hall–Kier alpha value is -4.80. The number of carbonyl (C=O) groups is 2. The van der Waals surface area contributed by atoms with Crippen LogP contribution in [0.2, 0.25) is 0 Å². The predicted octanol–water partition coefficient (Wildman–Crippen LogP) is 7.36. The predicted molar refractivity (Wildman–Crippen MR) is 184 cm³/mol. The fourth-order valence-corrected chi connectivity index (χ4v) is 6.57. The lowest BCUT2D eigenvalue weighted by atomic mass is 9.95. The number of nitrogens with one attached hydrogen (secondary N) is 2. The van der Waals surface area contributed by atoms with Gasteiger partial charge in [-0.05, 0) is 80.9 Å². The van der Waals surface area contributed by atoms with Crippen LogP contribution in [-0.2, 0) is 10.0 Å². The van der Waals surface area contributed by atoms with Crippen molar-refractivity contribution in [3.63, 3.8) is 0 Å². The van der Waals surface area contributed by atoms with Gasteiger partial charge < -0.3 is 14.6 Å². The molecule has 0 unspecified atom stereocenters. The number of benzene rings is 4. The largest absolute Gasteiger partial charge is 0.455 e. The van der Waals surface area contributed by atoms with E-state index >= 15 is 0 Å². The number of amides is 1. The first-order valence-electron chi connectivity index (χ1n) is 15.7. The average Bonchev–Trinajstić information content (AvgIpc) is 3.45. The topological polar surface area (TPSA) is 109 Å². The lowest BCUT2D eigenvalue weighted by molar-refractivity contribution is 0.0952. The zero-order valence-electron chi connectivity index (χ0n) is 26.9. The molecule has 5 aromatic rings. The number of aryl methyl sites for hydroxylation is 1. The molecule has 2 N–H and O–H groups in total. The summed E-state index contributed by atoms with van der Waals surface area (Å²) in [6.07, 6.45) is 0.257. The highest BCUT2D eigenvalue weighted by Crippen LogP contribution is 2.41. The number of rotatable bonds is 13. The number of carbonyl (C=O) groups excluding carboxylic acids is 2. The molecule has 0 atom stereocenters. The molecule has 0 fully saturated rings. The minimum Gasteiger partial charge on any atom is -0.455 e. The molecule has 1 heterocycles. The van der Waals surface area contributed by atoms with E-state index in [4.69, 9.17) is 4.42 Å². The first-order chi connectivity index (χ1) is 22.6. The van der Waals surface area contributed by atoms with Crippen molar-refractivity contribution in [1.82, 2.24) is 10.0 Å². The van der Waals surface area contributed by atoms with Gasteiger partial charge in [0.2, 0.25) is 10.0 Å². The summed E-state index contributed by atoms with van der Waals surface area (Å²) in [5, 5.41) is 3.43. The van der Waals surface area contributed by atoms with Crippen molar-refractivity contribution in [2.75, 3.05) is 31.1 Å². The minimum atomic E-state index is -3.70. The van der Waals surface area contributed by atoms with Crippen LogP contribution < -0.4 is 14.9 Å². The number of Topliss-reactive ketones (excluding diaryl/α,β-unsaturated/α-hetero) is 1. The fourth-order valence-electron chi connectivity index (χ4n) is 5.54. The number of nitrogens with zero attached hydrogens (tertiary/aromatic N) is 1. The maximum absolute atomic E-state index is 13.7. The van der Waals surface area contributed by atoms with Gasteiger partial charge in [-0.25, -0.2) is 17.5 Å². The Kier molecular flexibility index (Phi) is 10.2. The molecule has 4 aromatic carbocycles. The number of hydrogen-bond acceptors (Lipinski definition) is 6. The number of anilines is 1. The third-order valence-corrected chi connectivity index (χ3v) is 9.56. The minimum absolute atomic E-state index is 0.0233. The molecule has 8 nitrogen and oxygen atoms in total. The molecule has 0 aliphatic carbocycles. The van der Waals surface area contributed by atoms with Crippen molar-refractivity contribution < 1.29 is 26.8 Å². The third kappa shape index (κ3) is 7.29. The Morgan fingerprint density at radius 2 is 1.55 bits per heavy atom. The maximum atomic E-state index is 13.7. The van der Waals surface area contributed by atoms with E-state index in [0.29, 0.717) is 46.5 Å². The quantitative estimate of drug-likeness (QED) is 0.101. The highest BCUT2D eigenvalue weighted by atomic mass is 32.2. The van der Waals surface area contributed by atoms with E-state index in [9.17, 15) is 22.4 Å². The number of fused-ring (bicyclic) bond motifs is 1.